The SMILES string of the molecule is CCNCc1ncc(-c2cccc(OC)c2)o1. The van der Waals surface area contributed by atoms with Gasteiger partial charge in [0.15, 0.2) is 5.76 Å². The van der Waals surface area contributed by atoms with E-state index in [4.69, 9.17) is 9.15 Å². The molecular weight excluding hydrogens is 216 g/mol. The molecule has 4 heteroatoms. The molecule has 1 heterocycles. The van der Waals surface area contributed by atoms with Gasteiger partial charge >= 0.3 is 0 Å². The first-order valence-corrected chi connectivity index (χ1v) is 5.63. The summed E-state index contributed by atoms with van der Waals surface area (Å²) in [7, 11) is 1.65. The summed E-state index contributed by atoms with van der Waals surface area (Å²) in [6.07, 6.45) is 1.74. The molecule has 0 amide bonds. The van der Waals surface area contributed by atoms with Crippen molar-refractivity contribution in [3.05, 3.63) is 36.4 Å². The van der Waals surface area contributed by atoms with E-state index < -0.39 is 0 Å². The zero-order chi connectivity index (χ0) is 12.1. The molecule has 17 heavy (non-hydrogen) atoms. The number of benzene rings is 1. The van der Waals surface area contributed by atoms with Crippen LogP contribution in [0.1, 0.15) is 12.8 Å². The van der Waals surface area contributed by atoms with Crippen LogP contribution in [0.3, 0.4) is 0 Å². The van der Waals surface area contributed by atoms with Crippen LogP contribution in [0.2, 0.25) is 0 Å². The fraction of sp³-hybridized carbons (Fsp3) is 0.308. The Hall–Kier alpha value is -1.81. The van der Waals surface area contributed by atoms with E-state index in [1.54, 1.807) is 13.3 Å². The Morgan fingerprint density at radius 3 is 3.06 bits per heavy atom. The molecule has 0 saturated carbocycles. The molecule has 1 N–H and O–H groups in total. The van der Waals surface area contributed by atoms with Gasteiger partial charge in [-0.1, -0.05) is 19.1 Å². The topological polar surface area (TPSA) is 47.3 Å². The fourth-order valence-electron chi connectivity index (χ4n) is 1.53. The van der Waals surface area contributed by atoms with Crippen molar-refractivity contribution in [2.75, 3.05) is 13.7 Å². The predicted molar refractivity (Wildman–Crippen MR) is 65.9 cm³/mol. The molecule has 1 aromatic heterocycles. The first-order valence-electron chi connectivity index (χ1n) is 5.63. The molecule has 0 aliphatic carbocycles. The van der Waals surface area contributed by atoms with Crippen molar-refractivity contribution in [2.45, 2.75) is 13.5 Å². The Bertz CT molecular complexity index is 480. The highest BCUT2D eigenvalue weighted by atomic mass is 16.5. The minimum Gasteiger partial charge on any atom is -0.497 e. The van der Waals surface area contributed by atoms with E-state index in [1.807, 2.05) is 31.2 Å². The van der Waals surface area contributed by atoms with Crippen LogP contribution in [0.4, 0.5) is 0 Å². The number of hydrogen-bond acceptors (Lipinski definition) is 4. The summed E-state index contributed by atoms with van der Waals surface area (Å²) in [4.78, 5) is 4.22. The molecule has 90 valence electrons. The van der Waals surface area contributed by atoms with Gasteiger partial charge in [-0.15, -0.1) is 0 Å². The smallest absolute Gasteiger partial charge is 0.208 e. The molecule has 0 unspecified atom stereocenters. The lowest BCUT2D eigenvalue weighted by molar-refractivity contribution is 0.414. The average Bonchev–Trinajstić information content (AvgIpc) is 2.85. The van der Waals surface area contributed by atoms with E-state index in [9.17, 15) is 0 Å². The van der Waals surface area contributed by atoms with Crippen molar-refractivity contribution in [1.82, 2.24) is 10.3 Å². The van der Waals surface area contributed by atoms with Gasteiger partial charge in [0.2, 0.25) is 5.89 Å². The molecular formula is C13H16N2O2. The molecule has 0 atom stereocenters. The Morgan fingerprint density at radius 1 is 1.41 bits per heavy atom. The van der Waals surface area contributed by atoms with Crippen molar-refractivity contribution in [3.63, 3.8) is 0 Å². The van der Waals surface area contributed by atoms with Gasteiger partial charge < -0.3 is 14.5 Å². The monoisotopic (exact) mass is 232 g/mol. The predicted octanol–water partition coefficient (Wildman–Crippen LogP) is 2.46. The van der Waals surface area contributed by atoms with Crippen LogP contribution in [-0.2, 0) is 6.54 Å². The lowest BCUT2D eigenvalue weighted by Gasteiger charge is -2.01. The Kier molecular flexibility index (Phi) is 3.77. The Balaban J connectivity index is 2.18. The maximum absolute atomic E-state index is 5.64. The van der Waals surface area contributed by atoms with Crippen molar-refractivity contribution in [1.29, 1.82) is 0 Å². The third-order valence-corrected chi connectivity index (χ3v) is 2.43. The van der Waals surface area contributed by atoms with Gasteiger partial charge in [-0.05, 0) is 18.7 Å². The minimum atomic E-state index is 0.653. The second kappa shape index (κ2) is 5.50. The Labute approximate surface area is 101 Å². The first-order chi connectivity index (χ1) is 8.33. The fourth-order valence-corrected chi connectivity index (χ4v) is 1.53. The number of methoxy groups -OCH3 is 1. The number of hydrogen-bond donors (Lipinski definition) is 1. The van der Waals surface area contributed by atoms with Crippen molar-refractivity contribution < 1.29 is 9.15 Å². The molecule has 0 bridgehead atoms. The van der Waals surface area contributed by atoms with Crippen molar-refractivity contribution in [2.24, 2.45) is 0 Å². The van der Waals surface area contributed by atoms with Gasteiger partial charge in [0.05, 0.1) is 19.9 Å². The van der Waals surface area contributed by atoms with E-state index in [-0.39, 0.29) is 0 Å². The van der Waals surface area contributed by atoms with Gasteiger partial charge in [0.25, 0.3) is 0 Å². The van der Waals surface area contributed by atoms with Crippen LogP contribution in [0.25, 0.3) is 11.3 Å². The zero-order valence-corrected chi connectivity index (χ0v) is 10.1. The van der Waals surface area contributed by atoms with Crippen LogP contribution < -0.4 is 10.1 Å². The summed E-state index contributed by atoms with van der Waals surface area (Å²) >= 11 is 0. The van der Waals surface area contributed by atoms with E-state index in [0.29, 0.717) is 12.4 Å². The lowest BCUT2D eigenvalue weighted by Crippen LogP contribution is -2.11. The summed E-state index contributed by atoms with van der Waals surface area (Å²) in [5.74, 6) is 2.27. The largest absolute Gasteiger partial charge is 0.497 e. The standard InChI is InChI=1S/C13H16N2O2/c1-3-14-9-13-15-8-12(17-13)10-5-4-6-11(7-10)16-2/h4-8,14H,3,9H2,1-2H3. The highest BCUT2D eigenvalue weighted by Gasteiger charge is 2.06. The van der Waals surface area contributed by atoms with Crippen molar-refractivity contribution in [3.8, 4) is 17.1 Å². The van der Waals surface area contributed by atoms with Gasteiger partial charge in [-0.2, -0.15) is 0 Å². The summed E-state index contributed by atoms with van der Waals surface area (Å²) < 4.78 is 10.8. The van der Waals surface area contributed by atoms with Crippen molar-refractivity contribution >= 4 is 0 Å². The number of aromatic nitrogens is 1. The minimum absolute atomic E-state index is 0.653. The van der Waals surface area contributed by atoms with Gasteiger partial charge in [-0.25, -0.2) is 4.98 Å². The van der Waals surface area contributed by atoms with Gasteiger partial charge in [0, 0.05) is 5.56 Å². The van der Waals surface area contributed by atoms with Crippen LogP contribution >= 0.6 is 0 Å². The molecule has 4 nitrogen and oxygen atoms in total. The summed E-state index contributed by atoms with van der Waals surface area (Å²) in [5.41, 5.74) is 0.972. The number of rotatable bonds is 5. The maximum Gasteiger partial charge on any atom is 0.208 e. The number of nitrogens with one attached hydrogen (secondary N) is 1. The molecule has 0 radical (unpaired) electrons. The van der Waals surface area contributed by atoms with Gasteiger partial charge in [0.1, 0.15) is 5.75 Å². The van der Waals surface area contributed by atoms with E-state index in [0.717, 1.165) is 23.6 Å². The number of nitrogens with zero attached hydrogens (tertiary/aromatic N) is 1. The number of oxazole rings is 1. The molecule has 0 saturated heterocycles. The van der Waals surface area contributed by atoms with Crippen LogP contribution in [0, 0.1) is 0 Å². The summed E-state index contributed by atoms with van der Waals surface area (Å²) in [6.45, 7) is 3.60. The van der Waals surface area contributed by atoms with Gasteiger partial charge in [-0.3, -0.25) is 0 Å². The highest BCUT2D eigenvalue weighted by Crippen LogP contribution is 2.24. The molecule has 0 aliphatic rings. The molecule has 2 aromatic rings. The van der Waals surface area contributed by atoms with Crippen LogP contribution in [0.15, 0.2) is 34.9 Å². The van der Waals surface area contributed by atoms with E-state index >= 15 is 0 Å². The average molecular weight is 232 g/mol. The normalized spacial score (nSPS) is 10.5. The quantitative estimate of drug-likeness (QED) is 0.860. The summed E-state index contributed by atoms with van der Waals surface area (Å²) in [5, 5.41) is 3.17. The first kappa shape index (κ1) is 11.7. The Morgan fingerprint density at radius 2 is 2.29 bits per heavy atom. The zero-order valence-electron chi connectivity index (χ0n) is 10.1. The summed E-state index contributed by atoms with van der Waals surface area (Å²) in [6, 6.07) is 7.73. The second-order valence-electron chi connectivity index (χ2n) is 3.63. The second-order valence-corrected chi connectivity index (χ2v) is 3.63. The molecule has 1 aromatic carbocycles. The molecule has 0 fully saturated rings. The third kappa shape index (κ3) is 2.85. The molecule has 0 spiro atoms. The van der Waals surface area contributed by atoms with E-state index in [2.05, 4.69) is 10.3 Å². The molecule has 2 rings (SSSR count). The maximum atomic E-state index is 5.64. The lowest BCUT2D eigenvalue weighted by atomic mass is 10.2. The number of ether oxygens (including phenoxy) is 1. The van der Waals surface area contributed by atoms with Crippen LogP contribution in [-0.4, -0.2) is 18.6 Å². The molecule has 0 aliphatic heterocycles. The van der Waals surface area contributed by atoms with E-state index in [1.165, 1.54) is 0 Å². The highest BCUT2D eigenvalue weighted by molar-refractivity contribution is 5.58. The van der Waals surface area contributed by atoms with Crippen LogP contribution in [0.5, 0.6) is 5.75 Å². The third-order valence-electron chi connectivity index (χ3n) is 2.43.